The van der Waals surface area contributed by atoms with Crippen molar-refractivity contribution in [1.82, 2.24) is 5.32 Å². The van der Waals surface area contributed by atoms with Gasteiger partial charge in [0.25, 0.3) is 0 Å². The zero-order valence-corrected chi connectivity index (χ0v) is 7.82. The first-order valence-electron chi connectivity index (χ1n) is 4.40. The molecular weight excluding hydrogens is 174 g/mol. The third kappa shape index (κ3) is 7.55. The molecule has 0 aromatic carbocycles. The molecule has 0 aliphatic heterocycles. The van der Waals surface area contributed by atoms with Crippen LogP contribution in [-0.4, -0.2) is 42.2 Å². The molecule has 0 aliphatic rings. The Bertz CT molecular complexity index is 140. The van der Waals surface area contributed by atoms with Crippen molar-refractivity contribution in [2.24, 2.45) is 0 Å². The lowest BCUT2D eigenvalue weighted by atomic mass is 10.2. The van der Waals surface area contributed by atoms with Crippen molar-refractivity contribution in [2.75, 3.05) is 19.8 Å². The Morgan fingerprint density at radius 2 is 2.31 bits per heavy atom. The van der Waals surface area contributed by atoms with Gasteiger partial charge >= 0.3 is 6.09 Å². The van der Waals surface area contributed by atoms with Crippen molar-refractivity contribution < 1.29 is 19.7 Å². The van der Waals surface area contributed by atoms with Crippen LogP contribution in [0.2, 0.25) is 0 Å². The summed E-state index contributed by atoms with van der Waals surface area (Å²) in [7, 11) is 0. The van der Waals surface area contributed by atoms with Crippen molar-refractivity contribution in [3.63, 3.8) is 0 Å². The van der Waals surface area contributed by atoms with Crippen LogP contribution in [0.4, 0.5) is 4.79 Å². The number of aliphatic hydroxyl groups is 2. The molecule has 0 aromatic rings. The van der Waals surface area contributed by atoms with E-state index in [1.807, 2.05) is 6.92 Å². The molecule has 13 heavy (non-hydrogen) atoms. The van der Waals surface area contributed by atoms with E-state index in [1.54, 1.807) is 0 Å². The van der Waals surface area contributed by atoms with Gasteiger partial charge in [-0.1, -0.05) is 6.92 Å². The SMILES string of the molecule is CCC(O)CCNC(=O)OCCO. The van der Waals surface area contributed by atoms with Crippen molar-refractivity contribution in [3.8, 4) is 0 Å². The fourth-order valence-electron chi connectivity index (χ4n) is 0.734. The van der Waals surface area contributed by atoms with E-state index in [4.69, 9.17) is 10.2 Å². The number of hydrogen-bond acceptors (Lipinski definition) is 4. The van der Waals surface area contributed by atoms with Gasteiger partial charge in [-0.25, -0.2) is 4.79 Å². The van der Waals surface area contributed by atoms with Crippen LogP contribution in [0.3, 0.4) is 0 Å². The number of nitrogens with one attached hydrogen (secondary N) is 1. The van der Waals surface area contributed by atoms with E-state index in [0.29, 0.717) is 19.4 Å². The summed E-state index contributed by atoms with van der Waals surface area (Å²) < 4.78 is 4.52. The number of hydrogen-bond donors (Lipinski definition) is 3. The second kappa shape index (κ2) is 7.82. The van der Waals surface area contributed by atoms with Crippen LogP contribution < -0.4 is 5.32 Å². The van der Waals surface area contributed by atoms with Crippen LogP contribution in [0.25, 0.3) is 0 Å². The first kappa shape index (κ1) is 12.2. The number of carbonyl (C=O) groups is 1. The summed E-state index contributed by atoms with van der Waals surface area (Å²) >= 11 is 0. The zero-order chi connectivity index (χ0) is 10.1. The molecule has 0 spiro atoms. The molecule has 0 aromatic heterocycles. The summed E-state index contributed by atoms with van der Waals surface area (Å²) in [6.07, 6.45) is 0.258. The standard InChI is InChI=1S/C8H17NO4/c1-2-7(11)3-4-9-8(12)13-6-5-10/h7,10-11H,2-6H2,1H3,(H,9,12). The summed E-state index contributed by atoms with van der Waals surface area (Å²) in [6.45, 7) is 2.08. The molecule has 1 atom stereocenters. The Hall–Kier alpha value is -0.810. The van der Waals surface area contributed by atoms with E-state index in [9.17, 15) is 4.79 Å². The van der Waals surface area contributed by atoms with Crippen molar-refractivity contribution >= 4 is 6.09 Å². The molecule has 1 unspecified atom stereocenters. The minimum Gasteiger partial charge on any atom is -0.447 e. The fraction of sp³-hybridized carbons (Fsp3) is 0.875. The van der Waals surface area contributed by atoms with Gasteiger partial charge < -0.3 is 20.3 Å². The monoisotopic (exact) mass is 191 g/mol. The Morgan fingerprint density at radius 3 is 2.85 bits per heavy atom. The second-order valence-corrected chi connectivity index (χ2v) is 2.64. The lowest BCUT2D eigenvalue weighted by molar-refractivity contribution is 0.116. The Labute approximate surface area is 77.7 Å². The van der Waals surface area contributed by atoms with Crippen LogP contribution in [0.15, 0.2) is 0 Å². The van der Waals surface area contributed by atoms with Gasteiger partial charge in [0.2, 0.25) is 0 Å². The highest BCUT2D eigenvalue weighted by molar-refractivity contribution is 5.66. The van der Waals surface area contributed by atoms with Gasteiger partial charge in [0.1, 0.15) is 6.61 Å². The molecule has 0 fully saturated rings. The summed E-state index contributed by atoms with van der Waals surface area (Å²) in [5.41, 5.74) is 0. The molecule has 0 radical (unpaired) electrons. The molecule has 0 saturated carbocycles. The summed E-state index contributed by atoms with van der Waals surface area (Å²) in [5.74, 6) is 0. The zero-order valence-electron chi connectivity index (χ0n) is 7.82. The summed E-state index contributed by atoms with van der Waals surface area (Å²) in [5, 5.41) is 19.9. The maximum Gasteiger partial charge on any atom is 0.407 e. The van der Waals surface area contributed by atoms with Gasteiger partial charge in [0, 0.05) is 6.54 Å². The number of amides is 1. The Morgan fingerprint density at radius 1 is 1.62 bits per heavy atom. The average molecular weight is 191 g/mol. The number of aliphatic hydroxyl groups excluding tert-OH is 2. The van der Waals surface area contributed by atoms with Gasteiger partial charge in [-0.05, 0) is 12.8 Å². The van der Waals surface area contributed by atoms with E-state index in [0.717, 1.165) is 0 Å². The first-order valence-corrected chi connectivity index (χ1v) is 4.40. The lowest BCUT2D eigenvalue weighted by Crippen LogP contribution is -2.28. The summed E-state index contributed by atoms with van der Waals surface area (Å²) in [4.78, 5) is 10.7. The predicted octanol–water partition coefficient (Wildman–Crippen LogP) is -0.134. The average Bonchev–Trinajstić information content (AvgIpc) is 2.14. The van der Waals surface area contributed by atoms with Crippen LogP contribution in [0.1, 0.15) is 19.8 Å². The number of carbonyl (C=O) groups excluding carboxylic acids is 1. The molecule has 78 valence electrons. The Kier molecular flexibility index (Phi) is 7.33. The number of rotatable bonds is 6. The Balaban J connectivity index is 3.26. The van der Waals surface area contributed by atoms with Crippen LogP contribution in [0.5, 0.6) is 0 Å². The molecule has 0 bridgehead atoms. The molecule has 0 saturated heterocycles. The maximum atomic E-state index is 10.7. The van der Waals surface area contributed by atoms with Gasteiger partial charge in [0.05, 0.1) is 12.7 Å². The van der Waals surface area contributed by atoms with Crippen molar-refractivity contribution in [2.45, 2.75) is 25.9 Å². The van der Waals surface area contributed by atoms with Gasteiger partial charge in [-0.3, -0.25) is 0 Å². The predicted molar refractivity (Wildman–Crippen MR) is 47.4 cm³/mol. The van der Waals surface area contributed by atoms with Crippen LogP contribution in [-0.2, 0) is 4.74 Å². The van der Waals surface area contributed by atoms with Gasteiger partial charge in [0.15, 0.2) is 0 Å². The largest absolute Gasteiger partial charge is 0.447 e. The molecule has 0 heterocycles. The molecular formula is C8H17NO4. The molecule has 1 amide bonds. The highest BCUT2D eigenvalue weighted by Gasteiger charge is 2.03. The van der Waals surface area contributed by atoms with Crippen molar-refractivity contribution in [1.29, 1.82) is 0 Å². The third-order valence-corrected chi connectivity index (χ3v) is 1.54. The van der Waals surface area contributed by atoms with Gasteiger partial charge in [-0.2, -0.15) is 0 Å². The van der Waals surface area contributed by atoms with E-state index >= 15 is 0 Å². The van der Waals surface area contributed by atoms with E-state index in [-0.39, 0.29) is 19.3 Å². The quantitative estimate of drug-likeness (QED) is 0.546. The molecule has 0 rings (SSSR count). The number of ether oxygens (including phenoxy) is 1. The molecule has 5 heteroatoms. The van der Waals surface area contributed by atoms with Crippen LogP contribution >= 0.6 is 0 Å². The molecule has 5 nitrogen and oxygen atoms in total. The van der Waals surface area contributed by atoms with E-state index in [2.05, 4.69) is 10.1 Å². The third-order valence-electron chi connectivity index (χ3n) is 1.54. The molecule has 3 N–H and O–H groups in total. The van der Waals surface area contributed by atoms with E-state index in [1.165, 1.54) is 0 Å². The van der Waals surface area contributed by atoms with Crippen LogP contribution in [0, 0.1) is 0 Å². The van der Waals surface area contributed by atoms with E-state index < -0.39 is 6.09 Å². The summed E-state index contributed by atoms with van der Waals surface area (Å²) in [6, 6.07) is 0. The maximum absolute atomic E-state index is 10.7. The topological polar surface area (TPSA) is 78.8 Å². The minimum atomic E-state index is -0.558. The smallest absolute Gasteiger partial charge is 0.407 e. The second-order valence-electron chi connectivity index (χ2n) is 2.64. The van der Waals surface area contributed by atoms with Gasteiger partial charge in [-0.15, -0.1) is 0 Å². The molecule has 0 aliphatic carbocycles. The number of alkyl carbamates (subject to hydrolysis) is 1. The minimum absolute atomic E-state index is 0.00215. The normalized spacial score (nSPS) is 12.2. The van der Waals surface area contributed by atoms with Crippen molar-refractivity contribution in [3.05, 3.63) is 0 Å². The highest BCUT2D eigenvalue weighted by Crippen LogP contribution is 1.94. The lowest BCUT2D eigenvalue weighted by Gasteiger charge is -2.08. The highest BCUT2D eigenvalue weighted by atomic mass is 16.6. The first-order chi connectivity index (χ1) is 6.20. The fourth-order valence-corrected chi connectivity index (χ4v) is 0.734.